The van der Waals surface area contributed by atoms with Crippen LogP contribution in [0.5, 0.6) is 5.75 Å². The van der Waals surface area contributed by atoms with E-state index in [-0.39, 0.29) is 93.1 Å². The number of anilines is 3. The predicted octanol–water partition coefficient (Wildman–Crippen LogP) is 8.11. The van der Waals surface area contributed by atoms with Crippen molar-refractivity contribution in [2.45, 2.75) is 116 Å². The van der Waals surface area contributed by atoms with E-state index >= 15 is 0 Å². The Morgan fingerprint density at radius 2 is 1.66 bits per heavy atom. The number of pyridine rings is 1. The number of hydrogen-bond donors (Lipinski definition) is 3. The van der Waals surface area contributed by atoms with Crippen LogP contribution in [-0.2, 0) is 73.4 Å². The quantitative estimate of drug-likeness (QED) is 0.0257. The van der Waals surface area contributed by atoms with E-state index in [9.17, 15) is 64.8 Å². The van der Waals surface area contributed by atoms with Crippen LogP contribution in [0.1, 0.15) is 110 Å². The molecule has 85 heavy (non-hydrogen) atoms. The maximum atomic E-state index is 14.9. The van der Waals surface area contributed by atoms with E-state index in [2.05, 4.69) is 42.7 Å². The third kappa shape index (κ3) is 14.9. The third-order valence-corrected chi connectivity index (χ3v) is 14.9. The van der Waals surface area contributed by atoms with E-state index in [0.29, 0.717) is 41.5 Å². The summed E-state index contributed by atoms with van der Waals surface area (Å²) in [5.41, 5.74) is -0.479. The van der Waals surface area contributed by atoms with Crippen molar-refractivity contribution in [2.75, 3.05) is 48.0 Å². The Balaban J connectivity index is 0.926. The number of ether oxygens (including phenoxy) is 3. The van der Waals surface area contributed by atoms with Gasteiger partial charge in [-0.2, -0.15) is 27.2 Å². The number of piperidine rings is 1. The number of halogens is 7. The molecule has 2 unspecified atom stereocenters. The van der Waals surface area contributed by atoms with Crippen LogP contribution in [-0.4, -0.2) is 105 Å². The number of rotatable bonds is 22. The van der Waals surface area contributed by atoms with E-state index in [0.717, 1.165) is 28.7 Å². The highest BCUT2D eigenvalue weighted by molar-refractivity contribution is 6.10. The van der Waals surface area contributed by atoms with Crippen molar-refractivity contribution in [3.8, 4) is 11.8 Å². The molecule has 2 fully saturated rings. The number of amides is 5. The molecular weight excluding hydrogens is 1130 g/mol. The van der Waals surface area contributed by atoms with E-state index in [4.69, 9.17) is 14.5 Å². The molecule has 0 radical (unpaired) electrons. The highest BCUT2D eigenvalue weighted by Crippen LogP contribution is 2.43. The molecule has 5 aromatic rings. The maximum absolute atomic E-state index is 14.9. The van der Waals surface area contributed by atoms with Crippen molar-refractivity contribution >= 4 is 53.0 Å². The van der Waals surface area contributed by atoms with Gasteiger partial charge in [-0.3, -0.25) is 38.7 Å². The van der Waals surface area contributed by atoms with E-state index in [1.165, 1.54) is 31.5 Å². The standard InChI is InChI=1S/C58H62F7N11O9/c1-32(2)51(71-47(77)10-6-11-48(78)85-52-49(61)42(59)23-43(60)50(52)62)54(80)68-34(4)53(79)69-38-14-12-35(13-15-38)28-84-56(82)75(18-8-16-66)44-21-37(57(29-83-30-57)24-46-72-67-31-73(46)5)22-45(70-44)76-27-40-39(55(76)81)19-36(20-41(40)58(63,64)65)26-74-17-7-9-33(3)25-74/h12-15,19-23,31-34,51H,6-11,17-18,24-30H2,1-5H3,(H,68,80)(H,69,79)(H,71,77)/t33-,34?,51?/m0/s1. The average molecular weight is 1190 g/mol. The van der Waals surface area contributed by atoms with Gasteiger partial charge in [-0.15, -0.1) is 10.2 Å². The van der Waals surface area contributed by atoms with Gasteiger partial charge in [0.15, 0.2) is 11.6 Å². The summed E-state index contributed by atoms with van der Waals surface area (Å²) in [6.45, 7) is 7.64. The van der Waals surface area contributed by atoms with Crippen LogP contribution in [0, 0.1) is 46.4 Å². The highest BCUT2D eigenvalue weighted by Gasteiger charge is 2.45. The summed E-state index contributed by atoms with van der Waals surface area (Å²) in [5.74, 6) is -12.7. The van der Waals surface area contributed by atoms with Crippen molar-refractivity contribution < 1.29 is 73.7 Å². The van der Waals surface area contributed by atoms with Crippen molar-refractivity contribution in [3.63, 3.8) is 0 Å². The van der Waals surface area contributed by atoms with Crippen LogP contribution in [0.15, 0.2) is 60.9 Å². The first kappa shape index (κ1) is 62.5. The number of esters is 1. The first-order chi connectivity index (χ1) is 40.3. The van der Waals surface area contributed by atoms with Gasteiger partial charge >= 0.3 is 18.2 Å². The van der Waals surface area contributed by atoms with Gasteiger partial charge in [0.1, 0.15) is 42.5 Å². The number of carbonyl (C=O) groups is 6. The molecule has 2 saturated heterocycles. The minimum atomic E-state index is -4.80. The molecule has 3 aliphatic rings. The molecule has 27 heteroatoms. The zero-order valence-electron chi connectivity index (χ0n) is 47.1. The number of alkyl halides is 3. The van der Waals surface area contributed by atoms with Gasteiger partial charge in [0.25, 0.3) is 5.91 Å². The second kappa shape index (κ2) is 26.6. The Morgan fingerprint density at radius 1 is 0.941 bits per heavy atom. The number of aryl methyl sites for hydroxylation is 1. The minimum Gasteiger partial charge on any atom is -0.444 e. The molecule has 3 atom stereocenters. The molecule has 5 heterocycles. The van der Waals surface area contributed by atoms with Crippen LogP contribution < -0.4 is 30.5 Å². The van der Waals surface area contributed by atoms with Gasteiger partial charge in [0, 0.05) is 68.7 Å². The fraction of sp³-hybridized carbons (Fsp3) is 0.448. The zero-order valence-corrected chi connectivity index (χ0v) is 47.1. The number of aromatic nitrogens is 4. The maximum Gasteiger partial charge on any atom is 0.416 e. The molecule has 3 aromatic carbocycles. The lowest BCUT2D eigenvalue weighted by molar-refractivity contribution is -0.138. The monoisotopic (exact) mass is 1190 g/mol. The van der Waals surface area contributed by atoms with Gasteiger partial charge < -0.3 is 34.7 Å². The topological polar surface area (TPSA) is 243 Å². The van der Waals surface area contributed by atoms with Gasteiger partial charge in [-0.25, -0.2) is 18.6 Å². The molecule has 8 rings (SSSR count). The summed E-state index contributed by atoms with van der Waals surface area (Å²) in [4.78, 5) is 89.4. The summed E-state index contributed by atoms with van der Waals surface area (Å²) in [6, 6.07) is 11.6. The van der Waals surface area contributed by atoms with Crippen LogP contribution >= 0.6 is 0 Å². The highest BCUT2D eigenvalue weighted by atomic mass is 19.4. The number of carbonyl (C=O) groups excluding carboxylic acids is 6. The lowest BCUT2D eigenvalue weighted by atomic mass is 9.75. The Labute approximate surface area is 484 Å². The SMILES string of the molecule is CC(NC(=O)C(NC(=O)CCCC(=O)Oc1c(F)c(F)cc(F)c1F)C(C)C)C(=O)Nc1ccc(COC(=O)N(CCC#N)c2cc(C3(Cc4nncn4C)COC3)cc(N3Cc4c(cc(CN5CCC[C@H](C)C5)cc4C(F)(F)F)C3=O)n2)cc1. The van der Waals surface area contributed by atoms with Gasteiger partial charge in [0.05, 0.1) is 37.8 Å². The summed E-state index contributed by atoms with van der Waals surface area (Å²) in [5, 5.41) is 25.7. The number of nitrogens with one attached hydrogen (secondary N) is 3. The largest absolute Gasteiger partial charge is 0.444 e. The molecule has 20 nitrogen and oxygen atoms in total. The van der Waals surface area contributed by atoms with Gasteiger partial charge in [0.2, 0.25) is 35.1 Å². The molecule has 3 aliphatic heterocycles. The smallest absolute Gasteiger partial charge is 0.416 e. The number of nitrogens with zero attached hydrogens (tertiary/aromatic N) is 8. The molecule has 2 aromatic heterocycles. The average Bonchev–Trinajstić information content (AvgIpc) is 4.20. The van der Waals surface area contributed by atoms with Crippen molar-refractivity contribution in [1.82, 2.24) is 35.3 Å². The Morgan fingerprint density at radius 3 is 2.28 bits per heavy atom. The molecule has 0 bridgehead atoms. The normalized spacial score (nSPS) is 16.4. The van der Waals surface area contributed by atoms with Crippen LogP contribution in [0.25, 0.3) is 0 Å². The van der Waals surface area contributed by atoms with Gasteiger partial charge in [-0.05, 0) is 103 Å². The van der Waals surface area contributed by atoms with E-state index in [1.54, 1.807) is 49.7 Å². The summed E-state index contributed by atoms with van der Waals surface area (Å²) in [6.07, 6.45) is -3.43. The Bertz CT molecular complexity index is 3360. The summed E-state index contributed by atoms with van der Waals surface area (Å²) < 4.78 is 117. The predicted molar refractivity (Wildman–Crippen MR) is 290 cm³/mol. The molecule has 452 valence electrons. The lowest BCUT2D eigenvalue weighted by Crippen LogP contribution is -2.53. The van der Waals surface area contributed by atoms with Gasteiger partial charge in [-0.1, -0.05) is 32.9 Å². The number of hydrogen-bond acceptors (Lipinski definition) is 14. The Hall–Kier alpha value is -8.51. The molecule has 5 amide bonds. The molecule has 0 spiro atoms. The fourth-order valence-electron chi connectivity index (χ4n) is 10.2. The molecule has 0 aliphatic carbocycles. The fourth-order valence-corrected chi connectivity index (χ4v) is 10.2. The number of nitriles is 1. The minimum absolute atomic E-state index is 0.0522. The lowest BCUT2D eigenvalue weighted by Gasteiger charge is -2.42. The molecular formula is C58H62F7N11O9. The number of benzene rings is 3. The van der Waals surface area contributed by atoms with Crippen LogP contribution in [0.4, 0.5) is 52.9 Å². The summed E-state index contributed by atoms with van der Waals surface area (Å²) >= 11 is 0. The second-order valence-corrected chi connectivity index (χ2v) is 21.9. The van der Waals surface area contributed by atoms with Crippen molar-refractivity contribution in [3.05, 3.63) is 123 Å². The first-order valence-electron chi connectivity index (χ1n) is 27.4. The Kier molecular flexibility index (Phi) is 19.6. The number of likely N-dealkylation sites (tertiary alicyclic amines) is 1. The first-order valence-corrected chi connectivity index (χ1v) is 27.4. The van der Waals surface area contributed by atoms with Crippen LogP contribution in [0.3, 0.4) is 0 Å². The van der Waals surface area contributed by atoms with Crippen molar-refractivity contribution in [1.29, 1.82) is 5.26 Å². The van der Waals surface area contributed by atoms with Crippen LogP contribution in [0.2, 0.25) is 0 Å². The summed E-state index contributed by atoms with van der Waals surface area (Å²) in [7, 11) is 1.76. The van der Waals surface area contributed by atoms with Crippen molar-refractivity contribution in [2.24, 2.45) is 18.9 Å². The molecule has 3 N–H and O–H groups in total. The number of fused-ring (bicyclic) bond motifs is 1. The molecule has 0 saturated carbocycles. The third-order valence-electron chi connectivity index (χ3n) is 14.9. The van der Waals surface area contributed by atoms with E-state index < -0.39 is 113 Å². The zero-order chi connectivity index (χ0) is 61.5. The van der Waals surface area contributed by atoms with E-state index in [1.807, 2.05) is 6.07 Å². The second-order valence-electron chi connectivity index (χ2n) is 21.9.